The van der Waals surface area contributed by atoms with Crippen LogP contribution in [0.15, 0.2) is 0 Å². The van der Waals surface area contributed by atoms with Gasteiger partial charge < -0.3 is 9.84 Å². The van der Waals surface area contributed by atoms with Crippen LogP contribution in [-0.2, 0) is 4.74 Å². The Morgan fingerprint density at radius 1 is 1.33 bits per heavy atom. The first-order chi connectivity index (χ1) is 6.72. The fourth-order valence-electron chi connectivity index (χ4n) is 2.61. The zero-order chi connectivity index (χ0) is 11.7. The van der Waals surface area contributed by atoms with Gasteiger partial charge in [0.05, 0.1) is 16.8 Å². The first-order valence-corrected chi connectivity index (χ1v) is 5.58. The molecule has 0 radical (unpaired) electrons. The fraction of sp³-hybridized carbons (Fsp3) is 0.846. The molecule has 0 aromatic carbocycles. The van der Waals surface area contributed by atoms with Crippen LogP contribution in [0.1, 0.15) is 53.4 Å². The molecule has 1 rings (SSSR count). The summed E-state index contributed by atoms with van der Waals surface area (Å²) < 4.78 is 5.88. The van der Waals surface area contributed by atoms with Gasteiger partial charge in [0.1, 0.15) is 0 Å². The van der Waals surface area contributed by atoms with Crippen molar-refractivity contribution in [1.29, 1.82) is 0 Å². The summed E-state index contributed by atoms with van der Waals surface area (Å²) in [4.78, 5) is 0. The molecule has 0 aromatic rings. The molecule has 1 aliphatic heterocycles. The molecule has 1 unspecified atom stereocenters. The van der Waals surface area contributed by atoms with Crippen molar-refractivity contribution in [1.82, 2.24) is 0 Å². The molecule has 0 bridgehead atoms. The van der Waals surface area contributed by atoms with Crippen molar-refractivity contribution in [3.8, 4) is 12.3 Å². The van der Waals surface area contributed by atoms with Crippen LogP contribution < -0.4 is 0 Å². The molecule has 0 aliphatic carbocycles. The van der Waals surface area contributed by atoms with E-state index in [2.05, 4.69) is 5.92 Å². The summed E-state index contributed by atoms with van der Waals surface area (Å²) >= 11 is 0. The van der Waals surface area contributed by atoms with E-state index in [4.69, 9.17) is 11.2 Å². The number of aliphatic hydroxyl groups is 1. The molecule has 1 heterocycles. The van der Waals surface area contributed by atoms with Gasteiger partial charge in [0.15, 0.2) is 0 Å². The normalized spacial score (nSPS) is 32.5. The molecule has 0 spiro atoms. The second-order valence-corrected chi connectivity index (χ2v) is 5.64. The van der Waals surface area contributed by atoms with E-state index in [0.717, 1.165) is 12.8 Å². The van der Waals surface area contributed by atoms with Gasteiger partial charge in [-0.2, -0.15) is 0 Å². The molecule has 1 atom stereocenters. The van der Waals surface area contributed by atoms with Crippen LogP contribution in [0, 0.1) is 12.3 Å². The molecule has 15 heavy (non-hydrogen) atoms. The minimum absolute atomic E-state index is 0.242. The van der Waals surface area contributed by atoms with Crippen LogP contribution >= 0.6 is 0 Å². The summed E-state index contributed by atoms with van der Waals surface area (Å²) in [7, 11) is 0. The molecule has 2 nitrogen and oxygen atoms in total. The Morgan fingerprint density at radius 2 is 1.93 bits per heavy atom. The molecule has 1 N–H and O–H groups in total. The van der Waals surface area contributed by atoms with E-state index >= 15 is 0 Å². The van der Waals surface area contributed by atoms with Gasteiger partial charge in [0.2, 0.25) is 0 Å². The first-order valence-electron chi connectivity index (χ1n) is 5.58. The summed E-state index contributed by atoms with van der Waals surface area (Å²) in [6.07, 6.45) is 8.19. The average molecular weight is 210 g/mol. The molecule has 0 aromatic heterocycles. The maximum atomic E-state index is 10.6. The van der Waals surface area contributed by atoms with Crippen molar-refractivity contribution in [2.45, 2.75) is 70.2 Å². The lowest BCUT2D eigenvalue weighted by atomic mass is 9.79. The monoisotopic (exact) mass is 210 g/mol. The van der Waals surface area contributed by atoms with E-state index in [1.807, 2.05) is 27.7 Å². The second-order valence-electron chi connectivity index (χ2n) is 5.64. The Labute approximate surface area is 93.0 Å². The summed E-state index contributed by atoms with van der Waals surface area (Å²) in [6, 6.07) is 0. The molecular formula is C13H22O2. The van der Waals surface area contributed by atoms with E-state index in [-0.39, 0.29) is 5.60 Å². The van der Waals surface area contributed by atoms with Crippen LogP contribution in [0.2, 0.25) is 0 Å². The topological polar surface area (TPSA) is 29.5 Å². The van der Waals surface area contributed by atoms with Gasteiger partial charge in [0.25, 0.3) is 0 Å². The lowest BCUT2D eigenvalue weighted by Crippen LogP contribution is -2.46. The number of unbranched alkanes of at least 4 members (excludes halogenated alkanes) is 1. The van der Waals surface area contributed by atoms with Crippen molar-refractivity contribution in [2.75, 3.05) is 0 Å². The third-order valence-electron chi connectivity index (χ3n) is 3.28. The molecular weight excluding hydrogens is 188 g/mol. The molecule has 0 saturated carbocycles. The highest BCUT2D eigenvalue weighted by molar-refractivity contribution is 5.06. The van der Waals surface area contributed by atoms with Crippen LogP contribution in [-0.4, -0.2) is 21.9 Å². The number of terminal acetylenes is 1. The predicted octanol–water partition coefficient (Wildman–Crippen LogP) is 2.50. The van der Waals surface area contributed by atoms with Crippen molar-refractivity contribution >= 4 is 0 Å². The van der Waals surface area contributed by atoms with E-state index in [1.54, 1.807) is 0 Å². The van der Waals surface area contributed by atoms with Crippen LogP contribution in [0.5, 0.6) is 0 Å². The second kappa shape index (κ2) is 3.81. The lowest BCUT2D eigenvalue weighted by Gasteiger charge is -2.35. The molecule has 86 valence electrons. The Kier molecular flexibility index (Phi) is 3.19. The Morgan fingerprint density at radius 3 is 2.33 bits per heavy atom. The predicted molar refractivity (Wildman–Crippen MR) is 61.5 cm³/mol. The number of hydrogen-bond acceptors (Lipinski definition) is 2. The summed E-state index contributed by atoms with van der Waals surface area (Å²) in [6.45, 7) is 7.96. The third-order valence-corrected chi connectivity index (χ3v) is 3.28. The SMILES string of the molecule is C#CCCCC1(O)CC(C)(C)OC1(C)C. The van der Waals surface area contributed by atoms with Crippen LogP contribution in [0.3, 0.4) is 0 Å². The highest BCUT2D eigenvalue weighted by Gasteiger charge is 2.55. The standard InChI is InChI=1S/C13H22O2/c1-6-7-8-9-13(14)10-11(2,3)15-12(13,4)5/h1,14H,7-10H2,2-5H3. The van der Waals surface area contributed by atoms with E-state index in [9.17, 15) is 5.11 Å². The fourth-order valence-corrected chi connectivity index (χ4v) is 2.61. The molecule has 1 aliphatic rings. The highest BCUT2D eigenvalue weighted by atomic mass is 16.5. The van der Waals surface area contributed by atoms with Gasteiger partial charge >= 0.3 is 0 Å². The van der Waals surface area contributed by atoms with Gasteiger partial charge in [-0.15, -0.1) is 12.3 Å². The van der Waals surface area contributed by atoms with E-state index < -0.39 is 11.2 Å². The Bertz CT molecular complexity index is 273. The lowest BCUT2D eigenvalue weighted by molar-refractivity contribution is -0.129. The average Bonchev–Trinajstić information content (AvgIpc) is 2.16. The maximum Gasteiger partial charge on any atom is 0.0958 e. The number of rotatable bonds is 3. The summed E-state index contributed by atoms with van der Waals surface area (Å²) in [5, 5.41) is 10.6. The van der Waals surface area contributed by atoms with Gasteiger partial charge in [-0.3, -0.25) is 0 Å². The van der Waals surface area contributed by atoms with Crippen molar-refractivity contribution in [3.05, 3.63) is 0 Å². The zero-order valence-electron chi connectivity index (χ0n) is 10.3. The first kappa shape index (κ1) is 12.5. The zero-order valence-corrected chi connectivity index (χ0v) is 10.3. The van der Waals surface area contributed by atoms with E-state index in [0.29, 0.717) is 12.8 Å². The van der Waals surface area contributed by atoms with E-state index in [1.165, 1.54) is 0 Å². The third kappa shape index (κ3) is 2.53. The minimum Gasteiger partial charge on any atom is -0.387 e. The van der Waals surface area contributed by atoms with Crippen molar-refractivity contribution in [3.63, 3.8) is 0 Å². The van der Waals surface area contributed by atoms with Crippen LogP contribution in [0.4, 0.5) is 0 Å². The molecule has 0 amide bonds. The summed E-state index contributed by atoms with van der Waals surface area (Å²) in [5.41, 5.74) is -1.47. The quantitative estimate of drug-likeness (QED) is 0.573. The number of hydrogen-bond donors (Lipinski definition) is 1. The largest absolute Gasteiger partial charge is 0.387 e. The summed E-state index contributed by atoms with van der Waals surface area (Å²) in [5.74, 6) is 2.61. The Hall–Kier alpha value is -0.520. The molecule has 2 heteroatoms. The number of ether oxygens (including phenoxy) is 1. The van der Waals surface area contributed by atoms with Crippen molar-refractivity contribution < 1.29 is 9.84 Å². The Balaban J connectivity index is 2.71. The highest BCUT2D eigenvalue weighted by Crippen LogP contribution is 2.47. The minimum atomic E-state index is -0.743. The van der Waals surface area contributed by atoms with Gasteiger partial charge in [-0.25, -0.2) is 0 Å². The maximum absolute atomic E-state index is 10.6. The van der Waals surface area contributed by atoms with Gasteiger partial charge in [-0.1, -0.05) is 0 Å². The molecule has 1 fully saturated rings. The van der Waals surface area contributed by atoms with Gasteiger partial charge in [0, 0.05) is 12.8 Å². The van der Waals surface area contributed by atoms with Crippen LogP contribution in [0.25, 0.3) is 0 Å². The van der Waals surface area contributed by atoms with Gasteiger partial charge in [-0.05, 0) is 40.5 Å². The molecule has 1 saturated heterocycles. The van der Waals surface area contributed by atoms with Crippen molar-refractivity contribution in [2.24, 2.45) is 0 Å². The smallest absolute Gasteiger partial charge is 0.0958 e.